The fourth-order valence-corrected chi connectivity index (χ4v) is 2.77. The molecular formula is C16H23F2NO. The van der Waals surface area contributed by atoms with Crippen molar-refractivity contribution in [3.8, 4) is 0 Å². The van der Waals surface area contributed by atoms with Crippen LogP contribution in [0.3, 0.4) is 0 Å². The third-order valence-electron chi connectivity index (χ3n) is 3.73. The molecular weight excluding hydrogens is 260 g/mol. The molecule has 1 aliphatic heterocycles. The molecule has 112 valence electrons. The molecule has 1 fully saturated rings. The van der Waals surface area contributed by atoms with E-state index in [1.807, 2.05) is 0 Å². The molecule has 1 aromatic rings. The number of halogens is 2. The van der Waals surface area contributed by atoms with Gasteiger partial charge in [0.25, 0.3) is 0 Å². The van der Waals surface area contributed by atoms with Crippen molar-refractivity contribution in [1.82, 2.24) is 5.32 Å². The van der Waals surface area contributed by atoms with Gasteiger partial charge in [-0.3, -0.25) is 0 Å². The minimum Gasteiger partial charge on any atom is -0.381 e. The van der Waals surface area contributed by atoms with Gasteiger partial charge in [0, 0.05) is 25.3 Å². The van der Waals surface area contributed by atoms with Gasteiger partial charge in [-0.15, -0.1) is 0 Å². The van der Waals surface area contributed by atoms with Gasteiger partial charge in [0.05, 0.1) is 0 Å². The van der Waals surface area contributed by atoms with Crippen LogP contribution in [0.5, 0.6) is 0 Å². The van der Waals surface area contributed by atoms with Crippen LogP contribution in [-0.4, -0.2) is 25.8 Å². The van der Waals surface area contributed by atoms with Crippen molar-refractivity contribution in [1.29, 1.82) is 0 Å². The van der Waals surface area contributed by atoms with E-state index in [2.05, 4.69) is 12.2 Å². The SMILES string of the molecule is CCCNC(Cc1cc(F)cc(F)c1)CC1CCOC1. The summed E-state index contributed by atoms with van der Waals surface area (Å²) in [5.41, 5.74) is 0.718. The molecule has 0 spiro atoms. The van der Waals surface area contributed by atoms with E-state index < -0.39 is 11.6 Å². The van der Waals surface area contributed by atoms with Gasteiger partial charge in [-0.05, 0) is 55.8 Å². The Morgan fingerprint density at radius 3 is 2.65 bits per heavy atom. The summed E-state index contributed by atoms with van der Waals surface area (Å²) in [5, 5.41) is 3.48. The second-order valence-electron chi connectivity index (χ2n) is 5.60. The molecule has 0 aliphatic carbocycles. The van der Waals surface area contributed by atoms with Crippen LogP contribution in [0.25, 0.3) is 0 Å². The number of rotatable bonds is 7. The topological polar surface area (TPSA) is 21.3 Å². The van der Waals surface area contributed by atoms with E-state index in [4.69, 9.17) is 4.74 Å². The normalized spacial score (nSPS) is 20.2. The van der Waals surface area contributed by atoms with Crippen LogP contribution in [0.15, 0.2) is 18.2 Å². The molecule has 1 heterocycles. The predicted molar refractivity (Wildman–Crippen MR) is 75.7 cm³/mol. The lowest BCUT2D eigenvalue weighted by atomic mass is 9.94. The van der Waals surface area contributed by atoms with Crippen LogP contribution >= 0.6 is 0 Å². The quantitative estimate of drug-likeness (QED) is 0.829. The van der Waals surface area contributed by atoms with Crippen LogP contribution in [0.4, 0.5) is 8.78 Å². The van der Waals surface area contributed by atoms with Crippen LogP contribution in [0.1, 0.15) is 31.7 Å². The maximum absolute atomic E-state index is 13.3. The first-order chi connectivity index (χ1) is 9.67. The van der Waals surface area contributed by atoms with Crippen molar-refractivity contribution in [2.24, 2.45) is 5.92 Å². The molecule has 20 heavy (non-hydrogen) atoms. The first-order valence-corrected chi connectivity index (χ1v) is 7.43. The van der Waals surface area contributed by atoms with Gasteiger partial charge in [-0.25, -0.2) is 8.78 Å². The van der Waals surface area contributed by atoms with E-state index in [1.54, 1.807) is 0 Å². The van der Waals surface area contributed by atoms with Gasteiger partial charge in [0.1, 0.15) is 11.6 Å². The number of benzene rings is 1. The van der Waals surface area contributed by atoms with Crippen LogP contribution in [-0.2, 0) is 11.2 Å². The average molecular weight is 283 g/mol. The zero-order valence-electron chi connectivity index (χ0n) is 12.0. The molecule has 1 aliphatic rings. The summed E-state index contributed by atoms with van der Waals surface area (Å²) in [4.78, 5) is 0. The van der Waals surface area contributed by atoms with E-state index in [9.17, 15) is 8.78 Å². The highest BCUT2D eigenvalue weighted by Gasteiger charge is 2.21. The summed E-state index contributed by atoms with van der Waals surface area (Å²) in [6.07, 6.45) is 3.79. The van der Waals surface area contributed by atoms with E-state index in [0.717, 1.165) is 50.7 Å². The highest BCUT2D eigenvalue weighted by Crippen LogP contribution is 2.20. The Hall–Kier alpha value is -1.00. The molecule has 0 amide bonds. The zero-order chi connectivity index (χ0) is 14.4. The second kappa shape index (κ2) is 7.70. The highest BCUT2D eigenvalue weighted by molar-refractivity contribution is 5.19. The van der Waals surface area contributed by atoms with E-state index in [0.29, 0.717) is 12.3 Å². The Morgan fingerprint density at radius 1 is 1.30 bits per heavy atom. The molecule has 1 N–H and O–H groups in total. The number of ether oxygens (including phenoxy) is 1. The summed E-state index contributed by atoms with van der Waals surface area (Å²) >= 11 is 0. The van der Waals surface area contributed by atoms with Crippen molar-refractivity contribution in [3.63, 3.8) is 0 Å². The Bertz CT molecular complexity index is 399. The minimum absolute atomic E-state index is 0.253. The minimum atomic E-state index is -0.501. The Balaban J connectivity index is 1.97. The largest absolute Gasteiger partial charge is 0.381 e. The predicted octanol–water partition coefficient (Wildman–Crippen LogP) is 3.30. The van der Waals surface area contributed by atoms with Crippen molar-refractivity contribution in [2.45, 2.75) is 38.6 Å². The maximum atomic E-state index is 13.3. The molecule has 1 aromatic carbocycles. The Labute approximate surface area is 119 Å². The van der Waals surface area contributed by atoms with Gasteiger partial charge < -0.3 is 10.1 Å². The lowest BCUT2D eigenvalue weighted by Crippen LogP contribution is -2.34. The second-order valence-corrected chi connectivity index (χ2v) is 5.60. The first-order valence-electron chi connectivity index (χ1n) is 7.43. The van der Waals surface area contributed by atoms with Crippen molar-refractivity contribution in [2.75, 3.05) is 19.8 Å². The van der Waals surface area contributed by atoms with E-state index >= 15 is 0 Å². The van der Waals surface area contributed by atoms with Crippen molar-refractivity contribution >= 4 is 0 Å². The Morgan fingerprint density at radius 2 is 2.05 bits per heavy atom. The maximum Gasteiger partial charge on any atom is 0.126 e. The van der Waals surface area contributed by atoms with Gasteiger partial charge in [0.15, 0.2) is 0 Å². The molecule has 2 atom stereocenters. The summed E-state index contributed by atoms with van der Waals surface area (Å²) in [5.74, 6) is -0.445. The summed E-state index contributed by atoms with van der Waals surface area (Å²) < 4.78 is 31.9. The molecule has 0 bridgehead atoms. The van der Waals surface area contributed by atoms with Crippen LogP contribution in [0.2, 0.25) is 0 Å². The average Bonchev–Trinajstić information content (AvgIpc) is 2.87. The van der Waals surface area contributed by atoms with Gasteiger partial charge in [0.2, 0.25) is 0 Å². The third-order valence-corrected chi connectivity index (χ3v) is 3.73. The molecule has 0 aromatic heterocycles. The Kier molecular flexibility index (Phi) is 5.92. The summed E-state index contributed by atoms with van der Waals surface area (Å²) in [6.45, 7) is 4.68. The van der Waals surface area contributed by atoms with Crippen LogP contribution < -0.4 is 5.32 Å². The number of hydrogen-bond donors (Lipinski definition) is 1. The van der Waals surface area contributed by atoms with Gasteiger partial charge in [-0.2, -0.15) is 0 Å². The monoisotopic (exact) mass is 283 g/mol. The fourth-order valence-electron chi connectivity index (χ4n) is 2.77. The van der Waals surface area contributed by atoms with Crippen molar-refractivity contribution in [3.05, 3.63) is 35.4 Å². The number of nitrogens with one attached hydrogen (secondary N) is 1. The molecule has 0 saturated carbocycles. The molecule has 2 rings (SSSR count). The lowest BCUT2D eigenvalue weighted by molar-refractivity contribution is 0.181. The standard InChI is InChI=1S/C16H23F2NO/c1-2-4-19-16(8-12-3-5-20-11-12)9-13-6-14(17)10-15(18)7-13/h6-7,10,12,16,19H,2-5,8-9,11H2,1H3. The first kappa shape index (κ1) is 15.4. The molecule has 1 saturated heterocycles. The zero-order valence-corrected chi connectivity index (χ0v) is 12.0. The summed E-state index contributed by atoms with van der Waals surface area (Å²) in [6, 6.07) is 4.02. The van der Waals surface area contributed by atoms with E-state index in [1.165, 1.54) is 12.1 Å². The fraction of sp³-hybridized carbons (Fsp3) is 0.625. The van der Waals surface area contributed by atoms with Gasteiger partial charge in [-0.1, -0.05) is 6.92 Å². The highest BCUT2D eigenvalue weighted by atomic mass is 19.1. The lowest BCUT2D eigenvalue weighted by Gasteiger charge is -2.21. The summed E-state index contributed by atoms with van der Waals surface area (Å²) in [7, 11) is 0. The number of hydrogen-bond acceptors (Lipinski definition) is 2. The molecule has 2 nitrogen and oxygen atoms in total. The van der Waals surface area contributed by atoms with Crippen LogP contribution in [0, 0.1) is 17.6 Å². The van der Waals surface area contributed by atoms with E-state index in [-0.39, 0.29) is 6.04 Å². The van der Waals surface area contributed by atoms with Crippen molar-refractivity contribution < 1.29 is 13.5 Å². The molecule has 4 heteroatoms. The molecule has 0 radical (unpaired) electrons. The smallest absolute Gasteiger partial charge is 0.126 e. The third kappa shape index (κ3) is 4.84. The van der Waals surface area contributed by atoms with Gasteiger partial charge >= 0.3 is 0 Å². The molecule has 2 unspecified atom stereocenters.